The molecule has 0 aliphatic rings. The lowest BCUT2D eigenvalue weighted by molar-refractivity contribution is -0.385. The minimum Gasteiger partial charge on any atom is -0.490 e. The predicted octanol–water partition coefficient (Wildman–Crippen LogP) is 3.31. The number of hydrogen-bond acceptors (Lipinski definition) is 6. The van der Waals surface area contributed by atoms with Gasteiger partial charge in [0, 0.05) is 24.7 Å². The summed E-state index contributed by atoms with van der Waals surface area (Å²) in [6.45, 7) is 5.44. The molecule has 2 amide bonds. The van der Waals surface area contributed by atoms with Gasteiger partial charge in [0.2, 0.25) is 11.7 Å². The van der Waals surface area contributed by atoms with E-state index in [1.54, 1.807) is 6.92 Å². The van der Waals surface area contributed by atoms with E-state index in [9.17, 15) is 19.7 Å². The van der Waals surface area contributed by atoms with Crippen LogP contribution in [0.5, 0.6) is 11.5 Å². The van der Waals surface area contributed by atoms with Crippen molar-refractivity contribution in [3.05, 3.63) is 64.2 Å². The Morgan fingerprint density at radius 3 is 2.44 bits per heavy atom. The molecular weight excluding hydrogens is 414 g/mol. The first kappa shape index (κ1) is 24.6. The zero-order chi connectivity index (χ0) is 23.7. The van der Waals surface area contributed by atoms with E-state index >= 15 is 0 Å². The average molecular weight is 444 g/mol. The zero-order valence-electron chi connectivity index (χ0n) is 18.7. The van der Waals surface area contributed by atoms with E-state index in [4.69, 9.17) is 9.47 Å². The van der Waals surface area contributed by atoms with Crippen LogP contribution in [-0.2, 0) is 16.1 Å². The fourth-order valence-electron chi connectivity index (χ4n) is 2.95. The number of rotatable bonds is 11. The van der Waals surface area contributed by atoms with Crippen molar-refractivity contribution in [3.8, 4) is 11.5 Å². The summed E-state index contributed by atoms with van der Waals surface area (Å²) in [5.41, 5.74) is 0.674. The molecule has 0 fully saturated rings. The molecule has 2 aromatic carbocycles. The van der Waals surface area contributed by atoms with Crippen LogP contribution >= 0.6 is 0 Å². The van der Waals surface area contributed by atoms with Gasteiger partial charge < -0.3 is 19.7 Å². The second kappa shape index (κ2) is 11.7. The molecule has 0 spiro atoms. The van der Waals surface area contributed by atoms with E-state index in [0.29, 0.717) is 0 Å². The molecule has 0 aliphatic heterocycles. The van der Waals surface area contributed by atoms with E-state index in [2.05, 4.69) is 5.32 Å². The Bertz CT molecular complexity index is 935. The number of methoxy groups -OCH3 is 1. The van der Waals surface area contributed by atoms with Crippen molar-refractivity contribution in [1.29, 1.82) is 0 Å². The van der Waals surface area contributed by atoms with E-state index in [1.807, 2.05) is 44.2 Å². The fraction of sp³-hybridized carbons (Fsp3) is 0.391. The number of nitro benzene ring substituents is 1. The Morgan fingerprint density at radius 2 is 1.84 bits per heavy atom. The van der Waals surface area contributed by atoms with Gasteiger partial charge in [-0.25, -0.2) is 0 Å². The topological polar surface area (TPSA) is 111 Å². The van der Waals surface area contributed by atoms with Crippen LogP contribution in [0, 0.1) is 10.1 Å². The Labute approximate surface area is 187 Å². The van der Waals surface area contributed by atoms with Crippen LogP contribution in [0.15, 0.2) is 48.5 Å². The van der Waals surface area contributed by atoms with E-state index < -0.39 is 16.9 Å². The lowest BCUT2D eigenvalue weighted by Gasteiger charge is -2.29. The van der Waals surface area contributed by atoms with Gasteiger partial charge in [0.15, 0.2) is 6.61 Å². The lowest BCUT2D eigenvalue weighted by Crippen LogP contribution is -2.50. The largest absolute Gasteiger partial charge is 0.490 e. The smallest absolute Gasteiger partial charge is 0.311 e. The van der Waals surface area contributed by atoms with Gasteiger partial charge in [0.05, 0.1) is 12.0 Å². The van der Waals surface area contributed by atoms with Crippen molar-refractivity contribution in [2.24, 2.45) is 0 Å². The summed E-state index contributed by atoms with van der Waals surface area (Å²) in [6.07, 6.45) is 0.774. The number of nitro groups is 1. The number of ether oxygens (including phenoxy) is 2. The van der Waals surface area contributed by atoms with E-state index in [0.717, 1.165) is 12.0 Å². The number of nitrogens with zero attached hydrogens (tertiary/aromatic N) is 2. The number of amides is 2. The Kier molecular flexibility index (Phi) is 9.00. The molecule has 0 saturated carbocycles. The Hall–Kier alpha value is -3.62. The number of carbonyl (C=O) groups is 2. The summed E-state index contributed by atoms with van der Waals surface area (Å²) < 4.78 is 10.6. The highest BCUT2D eigenvalue weighted by Crippen LogP contribution is 2.30. The third-order valence-electron chi connectivity index (χ3n) is 5.07. The van der Waals surface area contributed by atoms with Gasteiger partial charge in [0.1, 0.15) is 11.8 Å². The molecule has 0 aromatic heterocycles. The van der Waals surface area contributed by atoms with Gasteiger partial charge in [-0.05, 0) is 31.9 Å². The number of carbonyl (C=O) groups excluding carboxylic acids is 2. The standard InChI is InChI=1S/C23H29N3O6/c1-5-16(2)24-23(28)17(3)25(14-18-9-7-6-8-10-18)22(27)15-32-19-11-12-20(26(29)30)21(13-19)31-4/h6-13,16-17H,5,14-15H2,1-4H3,(H,24,28). The number of hydrogen-bond donors (Lipinski definition) is 1. The third kappa shape index (κ3) is 6.69. The first-order valence-electron chi connectivity index (χ1n) is 10.4. The van der Waals surface area contributed by atoms with Crippen LogP contribution < -0.4 is 14.8 Å². The highest BCUT2D eigenvalue weighted by Gasteiger charge is 2.27. The predicted molar refractivity (Wildman–Crippen MR) is 119 cm³/mol. The van der Waals surface area contributed by atoms with Crippen molar-refractivity contribution >= 4 is 17.5 Å². The minimum absolute atomic E-state index is 0.0116. The highest BCUT2D eigenvalue weighted by molar-refractivity contribution is 5.88. The quantitative estimate of drug-likeness (QED) is 0.421. The lowest BCUT2D eigenvalue weighted by atomic mass is 10.1. The molecule has 9 nitrogen and oxygen atoms in total. The van der Waals surface area contributed by atoms with Crippen LogP contribution in [0.2, 0.25) is 0 Å². The van der Waals surface area contributed by atoms with Crippen LogP contribution in [0.4, 0.5) is 5.69 Å². The van der Waals surface area contributed by atoms with Gasteiger partial charge in [-0.15, -0.1) is 0 Å². The molecule has 32 heavy (non-hydrogen) atoms. The maximum absolute atomic E-state index is 13.0. The summed E-state index contributed by atoms with van der Waals surface area (Å²) in [4.78, 5) is 37.6. The molecule has 0 aliphatic carbocycles. The molecule has 2 atom stereocenters. The zero-order valence-corrected chi connectivity index (χ0v) is 18.7. The molecule has 0 bridgehead atoms. The Morgan fingerprint density at radius 1 is 1.16 bits per heavy atom. The monoisotopic (exact) mass is 443 g/mol. The third-order valence-corrected chi connectivity index (χ3v) is 5.07. The fourth-order valence-corrected chi connectivity index (χ4v) is 2.95. The number of nitrogens with one attached hydrogen (secondary N) is 1. The van der Waals surface area contributed by atoms with Crippen molar-refractivity contribution in [2.45, 2.75) is 45.8 Å². The summed E-state index contributed by atoms with van der Waals surface area (Å²) in [5, 5.41) is 13.9. The van der Waals surface area contributed by atoms with Crippen molar-refractivity contribution < 1.29 is 24.0 Å². The molecular formula is C23H29N3O6. The maximum Gasteiger partial charge on any atom is 0.311 e. The van der Waals surface area contributed by atoms with Crippen LogP contribution in [0.25, 0.3) is 0 Å². The molecule has 2 rings (SSSR count). The molecule has 172 valence electrons. The molecule has 0 saturated heterocycles. The van der Waals surface area contributed by atoms with Gasteiger partial charge in [-0.1, -0.05) is 37.3 Å². The normalized spacial score (nSPS) is 12.4. The second-order valence-electron chi connectivity index (χ2n) is 7.38. The van der Waals surface area contributed by atoms with E-state index in [-0.39, 0.29) is 42.3 Å². The van der Waals surface area contributed by atoms with Gasteiger partial charge in [-0.3, -0.25) is 19.7 Å². The van der Waals surface area contributed by atoms with Crippen LogP contribution in [0.1, 0.15) is 32.8 Å². The van der Waals surface area contributed by atoms with Crippen molar-refractivity contribution in [3.63, 3.8) is 0 Å². The highest BCUT2D eigenvalue weighted by atomic mass is 16.6. The van der Waals surface area contributed by atoms with Crippen LogP contribution in [0.3, 0.4) is 0 Å². The van der Waals surface area contributed by atoms with Gasteiger partial charge in [0.25, 0.3) is 5.91 Å². The molecule has 0 radical (unpaired) electrons. The summed E-state index contributed by atoms with van der Waals surface area (Å²) in [5.74, 6) is -0.363. The molecule has 9 heteroatoms. The summed E-state index contributed by atoms with van der Waals surface area (Å²) >= 11 is 0. The molecule has 0 heterocycles. The summed E-state index contributed by atoms with van der Waals surface area (Å²) in [6, 6.07) is 12.6. The average Bonchev–Trinajstić information content (AvgIpc) is 2.80. The molecule has 2 aromatic rings. The van der Waals surface area contributed by atoms with Crippen molar-refractivity contribution in [1.82, 2.24) is 10.2 Å². The first-order chi connectivity index (χ1) is 15.3. The van der Waals surface area contributed by atoms with E-state index in [1.165, 1.54) is 30.2 Å². The van der Waals surface area contributed by atoms with Crippen molar-refractivity contribution in [2.75, 3.05) is 13.7 Å². The second-order valence-corrected chi connectivity index (χ2v) is 7.38. The van der Waals surface area contributed by atoms with Crippen LogP contribution in [-0.4, -0.2) is 47.4 Å². The summed E-state index contributed by atoms with van der Waals surface area (Å²) in [7, 11) is 1.32. The van der Waals surface area contributed by atoms with Gasteiger partial charge >= 0.3 is 5.69 Å². The Balaban J connectivity index is 2.16. The number of benzene rings is 2. The maximum atomic E-state index is 13.0. The molecule has 2 unspecified atom stereocenters. The first-order valence-corrected chi connectivity index (χ1v) is 10.4. The SMILES string of the molecule is CCC(C)NC(=O)C(C)N(Cc1ccccc1)C(=O)COc1ccc([N+](=O)[O-])c(OC)c1. The van der Waals surface area contributed by atoms with Gasteiger partial charge in [-0.2, -0.15) is 0 Å². The minimum atomic E-state index is -0.716. The molecule has 1 N–H and O–H groups in total.